The van der Waals surface area contributed by atoms with E-state index in [9.17, 15) is 22.5 Å². The minimum Gasteiger partial charge on any atom is -0.282 e. The number of hydrogen-bond donors (Lipinski definition) is 0. The van der Waals surface area contributed by atoms with E-state index in [0.29, 0.717) is 24.2 Å². The second-order valence-corrected chi connectivity index (χ2v) is 8.34. The summed E-state index contributed by atoms with van der Waals surface area (Å²) in [6.07, 6.45) is 0. The van der Waals surface area contributed by atoms with Crippen molar-refractivity contribution in [3.8, 4) is 6.07 Å². The first-order chi connectivity index (χ1) is 12.8. The summed E-state index contributed by atoms with van der Waals surface area (Å²) < 4.78 is 53.4. The molecule has 1 unspecified atom stereocenters. The number of halogens is 2. The molecule has 1 atom stereocenters. The molecule has 0 radical (unpaired) electrons. The molecule has 5 nitrogen and oxygen atoms in total. The van der Waals surface area contributed by atoms with Crippen LogP contribution in [0.1, 0.15) is 17.2 Å². The van der Waals surface area contributed by atoms with Crippen LogP contribution in [0.5, 0.6) is 0 Å². The minimum absolute atomic E-state index is 0.0905. The second-order valence-electron chi connectivity index (χ2n) is 6.43. The maximum Gasteiger partial charge on any atom is 0.243 e. The maximum absolute atomic E-state index is 13.3. The first-order valence-corrected chi connectivity index (χ1v) is 9.92. The highest BCUT2D eigenvalue weighted by atomic mass is 32.2. The highest BCUT2D eigenvalue weighted by Crippen LogP contribution is 2.26. The van der Waals surface area contributed by atoms with Gasteiger partial charge >= 0.3 is 0 Å². The standard InChI is InChI=1S/C19H19F2N3O2S/c1-14-12-17(21)6-7-19(14)27(25,26)24-10-8-23(9-11-24)18(13-22)15-2-4-16(20)5-3-15/h2-7,12,18H,8-11H2,1H3. The summed E-state index contributed by atoms with van der Waals surface area (Å²) in [6.45, 7) is 2.74. The summed E-state index contributed by atoms with van der Waals surface area (Å²) in [5.41, 5.74) is 1.03. The van der Waals surface area contributed by atoms with Crippen molar-refractivity contribution in [1.82, 2.24) is 9.21 Å². The van der Waals surface area contributed by atoms with Gasteiger partial charge in [-0.3, -0.25) is 4.90 Å². The van der Waals surface area contributed by atoms with Gasteiger partial charge in [0.15, 0.2) is 0 Å². The average molecular weight is 391 g/mol. The number of sulfonamides is 1. The molecule has 0 aliphatic carbocycles. The van der Waals surface area contributed by atoms with E-state index >= 15 is 0 Å². The third-order valence-electron chi connectivity index (χ3n) is 4.70. The molecule has 0 bridgehead atoms. The Balaban J connectivity index is 1.74. The molecule has 1 fully saturated rings. The lowest BCUT2D eigenvalue weighted by molar-refractivity contribution is 0.162. The van der Waals surface area contributed by atoms with Crippen molar-refractivity contribution in [1.29, 1.82) is 5.26 Å². The van der Waals surface area contributed by atoms with Gasteiger partial charge in [0.05, 0.1) is 11.0 Å². The lowest BCUT2D eigenvalue weighted by Crippen LogP contribution is -2.49. The number of nitrogens with zero attached hydrogens (tertiary/aromatic N) is 3. The zero-order chi connectivity index (χ0) is 19.6. The van der Waals surface area contributed by atoms with Crippen LogP contribution < -0.4 is 0 Å². The monoisotopic (exact) mass is 391 g/mol. The van der Waals surface area contributed by atoms with Crippen LogP contribution >= 0.6 is 0 Å². The van der Waals surface area contributed by atoms with Gasteiger partial charge in [-0.05, 0) is 48.4 Å². The van der Waals surface area contributed by atoms with Crippen LogP contribution in [0.15, 0.2) is 47.4 Å². The number of aryl methyl sites for hydroxylation is 1. The fraction of sp³-hybridized carbons (Fsp3) is 0.316. The van der Waals surface area contributed by atoms with Gasteiger partial charge in [0, 0.05) is 26.2 Å². The normalized spacial score (nSPS) is 17.4. The van der Waals surface area contributed by atoms with Crippen molar-refractivity contribution in [2.75, 3.05) is 26.2 Å². The highest BCUT2D eigenvalue weighted by Gasteiger charge is 2.32. The van der Waals surface area contributed by atoms with Crippen LogP contribution in [0.2, 0.25) is 0 Å². The predicted octanol–water partition coefficient (Wildman–Crippen LogP) is 2.84. The summed E-state index contributed by atoms with van der Waals surface area (Å²) in [6, 6.07) is 11.0. The van der Waals surface area contributed by atoms with Gasteiger partial charge in [-0.2, -0.15) is 9.57 Å². The van der Waals surface area contributed by atoms with Crippen molar-refractivity contribution >= 4 is 10.0 Å². The SMILES string of the molecule is Cc1cc(F)ccc1S(=O)(=O)N1CCN(C(C#N)c2ccc(F)cc2)CC1. The molecule has 142 valence electrons. The Labute approximate surface area is 157 Å². The molecular formula is C19H19F2N3O2S. The molecule has 0 aromatic heterocycles. The third kappa shape index (κ3) is 4.00. The summed E-state index contributed by atoms with van der Waals surface area (Å²) in [4.78, 5) is 1.96. The molecule has 2 aromatic carbocycles. The maximum atomic E-state index is 13.3. The summed E-state index contributed by atoms with van der Waals surface area (Å²) >= 11 is 0. The molecule has 1 aliphatic heterocycles. The van der Waals surface area contributed by atoms with Gasteiger partial charge in [0.1, 0.15) is 17.7 Å². The number of hydrogen-bond acceptors (Lipinski definition) is 4. The average Bonchev–Trinajstić information content (AvgIpc) is 2.64. The van der Waals surface area contributed by atoms with Crippen molar-refractivity contribution in [2.24, 2.45) is 0 Å². The van der Waals surface area contributed by atoms with E-state index < -0.39 is 21.9 Å². The van der Waals surface area contributed by atoms with E-state index in [0.717, 1.165) is 6.07 Å². The minimum atomic E-state index is -3.73. The van der Waals surface area contributed by atoms with Crippen molar-refractivity contribution in [3.05, 3.63) is 65.2 Å². The number of piperazine rings is 1. The molecule has 1 saturated heterocycles. The van der Waals surface area contributed by atoms with E-state index in [4.69, 9.17) is 0 Å². The van der Waals surface area contributed by atoms with Crippen LogP contribution in [-0.2, 0) is 10.0 Å². The molecule has 2 aromatic rings. The van der Waals surface area contributed by atoms with Crippen LogP contribution in [0.25, 0.3) is 0 Å². The first kappa shape index (κ1) is 19.4. The van der Waals surface area contributed by atoms with Crippen molar-refractivity contribution < 1.29 is 17.2 Å². The largest absolute Gasteiger partial charge is 0.282 e. The molecular weight excluding hydrogens is 372 g/mol. The molecule has 27 heavy (non-hydrogen) atoms. The van der Waals surface area contributed by atoms with E-state index in [1.165, 1.54) is 28.6 Å². The lowest BCUT2D eigenvalue weighted by atomic mass is 10.1. The molecule has 1 aliphatic rings. The second kappa shape index (κ2) is 7.72. The topological polar surface area (TPSA) is 64.4 Å². The summed E-state index contributed by atoms with van der Waals surface area (Å²) in [7, 11) is -3.73. The number of benzene rings is 2. The number of rotatable bonds is 4. The molecule has 0 amide bonds. The molecule has 8 heteroatoms. The number of nitriles is 1. The van der Waals surface area contributed by atoms with Gasteiger partial charge in [0.25, 0.3) is 0 Å². The highest BCUT2D eigenvalue weighted by molar-refractivity contribution is 7.89. The smallest absolute Gasteiger partial charge is 0.243 e. The Morgan fingerprint density at radius 1 is 1.00 bits per heavy atom. The van der Waals surface area contributed by atoms with Gasteiger partial charge in [-0.25, -0.2) is 17.2 Å². The Morgan fingerprint density at radius 3 is 2.15 bits per heavy atom. The Morgan fingerprint density at radius 2 is 1.59 bits per heavy atom. The molecule has 1 heterocycles. The lowest BCUT2D eigenvalue weighted by Gasteiger charge is -2.36. The van der Waals surface area contributed by atoms with E-state index in [1.54, 1.807) is 19.1 Å². The van der Waals surface area contributed by atoms with E-state index in [-0.39, 0.29) is 23.8 Å². The van der Waals surface area contributed by atoms with Crippen LogP contribution in [0, 0.1) is 29.9 Å². The van der Waals surface area contributed by atoms with Crippen LogP contribution in [0.3, 0.4) is 0 Å². The van der Waals surface area contributed by atoms with Crippen molar-refractivity contribution in [3.63, 3.8) is 0 Å². The van der Waals surface area contributed by atoms with Gasteiger partial charge in [-0.1, -0.05) is 12.1 Å². The third-order valence-corrected chi connectivity index (χ3v) is 6.76. The van der Waals surface area contributed by atoms with Gasteiger partial charge in [0.2, 0.25) is 10.0 Å². The van der Waals surface area contributed by atoms with E-state index in [2.05, 4.69) is 6.07 Å². The molecule has 0 saturated carbocycles. The first-order valence-electron chi connectivity index (χ1n) is 8.48. The Bertz CT molecular complexity index is 963. The van der Waals surface area contributed by atoms with E-state index in [1.807, 2.05) is 4.90 Å². The predicted molar refractivity (Wildman–Crippen MR) is 96.2 cm³/mol. The fourth-order valence-electron chi connectivity index (χ4n) is 3.26. The van der Waals surface area contributed by atoms with Crippen LogP contribution in [-0.4, -0.2) is 43.8 Å². The zero-order valence-corrected chi connectivity index (χ0v) is 15.6. The Hall–Kier alpha value is -2.34. The van der Waals surface area contributed by atoms with Gasteiger partial charge in [-0.15, -0.1) is 0 Å². The summed E-state index contributed by atoms with van der Waals surface area (Å²) in [5, 5.41) is 9.51. The fourth-order valence-corrected chi connectivity index (χ4v) is 4.88. The molecule has 0 N–H and O–H groups in total. The van der Waals surface area contributed by atoms with Crippen molar-refractivity contribution in [2.45, 2.75) is 17.9 Å². The quantitative estimate of drug-likeness (QED) is 0.804. The van der Waals surface area contributed by atoms with Crippen LogP contribution in [0.4, 0.5) is 8.78 Å². The Kier molecular flexibility index (Phi) is 5.56. The molecule has 0 spiro atoms. The summed E-state index contributed by atoms with van der Waals surface area (Å²) in [5.74, 6) is -0.853. The van der Waals surface area contributed by atoms with Gasteiger partial charge < -0.3 is 0 Å². The molecule has 3 rings (SSSR count). The zero-order valence-electron chi connectivity index (χ0n) is 14.8.